The van der Waals surface area contributed by atoms with Crippen molar-refractivity contribution in [2.75, 3.05) is 7.11 Å². The van der Waals surface area contributed by atoms with Crippen molar-refractivity contribution in [2.45, 2.75) is 19.9 Å². The van der Waals surface area contributed by atoms with E-state index in [1.165, 1.54) is 6.33 Å². The van der Waals surface area contributed by atoms with Gasteiger partial charge in [-0.25, -0.2) is 9.97 Å². The smallest absolute Gasteiger partial charge is 0.251 e. The Morgan fingerprint density at radius 2 is 1.74 bits per heavy atom. The minimum atomic E-state index is -0.0960. The van der Waals surface area contributed by atoms with Crippen LogP contribution in [0, 0.1) is 0 Å². The number of carbonyl (C=O) groups is 1. The Morgan fingerprint density at radius 3 is 2.44 bits per heavy atom. The average Bonchev–Trinajstić information content (AvgIpc) is 2.68. The Labute approximate surface area is 158 Å². The summed E-state index contributed by atoms with van der Waals surface area (Å²) in [5.41, 5.74) is 2.18. The topological polar surface area (TPSA) is 73.3 Å². The number of benzene rings is 2. The van der Waals surface area contributed by atoms with E-state index in [0.717, 1.165) is 5.56 Å². The first-order valence-corrected chi connectivity index (χ1v) is 8.60. The second-order valence-electron chi connectivity index (χ2n) is 6.23. The van der Waals surface area contributed by atoms with Crippen molar-refractivity contribution in [1.82, 2.24) is 15.3 Å². The third-order valence-corrected chi connectivity index (χ3v) is 3.77. The fraction of sp³-hybridized carbons (Fsp3) is 0.190. The normalized spacial score (nSPS) is 10.5. The van der Waals surface area contributed by atoms with Crippen molar-refractivity contribution >= 4 is 5.91 Å². The van der Waals surface area contributed by atoms with Gasteiger partial charge in [-0.2, -0.15) is 0 Å². The lowest BCUT2D eigenvalue weighted by Gasteiger charge is -2.09. The van der Waals surface area contributed by atoms with Crippen LogP contribution in [0.3, 0.4) is 0 Å². The van der Waals surface area contributed by atoms with Crippen molar-refractivity contribution < 1.29 is 14.3 Å². The lowest BCUT2D eigenvalue weighted by atomic mass is 10.1. The lowest BCUT2D eigenvalue weighted by molar-refractivity contribution is 0.0943. The van der Waals surface area contributed by atoms with E-state index in [1.807, 2.05) is 44.2 Å². The zero-order valence-electron chi connectivity index (χ0n) is 15.5. The van der Waals surface area contributed by atoms with Gasteiger partial charge in [0.2, 0.25) is 5.88 Å². The van der Waals surface area contributed by atoms with E-state index < -0.39 is 0 Å². The molecule has 0 unspecified atom stereocenters. The summed E-state index contributed by atoms with van der Waals surface area (Å²) in [6, 6.07) is 16.4. The highest BCUT2D eigenvalue weighted by Crippen LogP contribution is 2.26. The van der Waals surface area contributed by atoms with Gasteiger partial charge in [-0.3, -0.25) is 4.79 Å². The molecule has 0 spiro atoms. The van der Waals surface area contributed by atoms with Gasteiger partial charge in [-0.05, 0) is 38.1 Å². The monoisotopic (exact) mass is 363 g/mol. The molecule has 1 N–H and O–H groups in total. The van der Waals surface area contributed by atoms with Gasteiger partial charge >= 0.3 is 0 Å². The van der Waals surface area contributed by atoms with Crippen molar-refractivity contribution in [3.63, 3.8) is 0 Å². The molecule has 0 radical (unpaired) electrons. The van der Waals surface area contributed by atoms with E-state index in [-0.39, 0.29) is 11.9 Å². The van der Waals surface area contributed by atoms with Crippen molar-refractivity contribution in [3.05, 3.63) is 66.5 Å². The predicted molar refractivity (Wildman–Crippen MR) is 103 cm³/mol. The molecule has 1 amide bonds. The van der Waals surface area contributed by atoms with Crippen LogP contribution < -0.4 is 14.8 Å². The van der Waals surface area contributed by atoms with Gasteiger partial charge in [0, 0.05) is 29.3 Å². The van der Waals surface area contributed by atoms with Gasteiger partial charge in [-0.15, -0.1) is 0 Å². The standard InChI is InChI=1S/C21H21N3O3/c1-14(2)24-21(25)16-9-7-15(8-10-16)19-12-20(23-13-22-19)27-18-6-4-5-17(11-18)26-3/h4-14H,1-3H3,(H,24,25). The molecule has 138 valence electrons. The SMILES string of the molecule is COc1cccc(Oc2cc(-c3ccc(C(=O)NC(C)C)cc3)ncn2)c1. The quantitative estimate of drug-likeness (QED) is 0.714. The van der Waals surface area contributed by atoms with Crippen molar-refractivity contribution in [1.29, 1.82) is 0 Å². The van der Waals surface area contributed by atoms with Gasteiger partial charge in [-0.1, -0.05) is 18.2 Å². The molecule has 27 heavy (non-hydrogen) atoms. The zero-order valence-corrected chi connectivity index (χ0v) is 15.5. The number of nitrogens with zero attached hydrogens (tertiary/aromatic N) is 2. The molecule has 0 aliphatic carbocycles. The number of hydrogen-bond acceptors (Lipinski definition) is 5. The number of amides is 1. The third-order valence-electron chi connectivity index (χ3n) is 3.77. The Balaban J connectivity index is 1.77. The number of nitrogens with one attached hydrogen (secondary N) is 1. The highest BCUT2D eigenvalue weighted by molar-refractivity contribution is 5.94. The number of ether oxygens (including phenoxy) is 2. The van der Waals surface area contributed by atoms with Crippen LogP contribution in [0.15, 0.2) is 60.9 Å². The number of hydrogen-bond donors (Lipinski definition) is 1. The fourth-order valence-corrected chi connectivity index (χ4v) is 2.48. The molecule has 3 aromatic rings. The van der Waals surface area contributed by atoms with E-state index in [9.17, 15) is 4.79 Å². The Kier molecular flexibility index (Phi) is 5.66. The molecule has 0 saturated heterocycles. The van der Waals surface area contributed by atoms with Gasteiger partial charge in [0.25, 0.3) is 5.91 Å². The molecular weight excluding hydrogens is 342 g/mol. The molecule has 0 bridgehead atoms. The van der Waals surface area contributed by atoms with Crippen LogP contribution >= 0.6 is 0 Å². The van der Waals surface area contributed by atoms with Gasteiger partial charge < -0.3 is 14.8 Å². The van der Waals surface area contributed by atoms with Gasteiger partial charge in [0.05, 0.1) is 12.8 Å². The second-order valence-corrected chi connectivity index (χ2v) is 6.23. The number of rotatable bonds is 6. The molecule has 0 aliphatic rings. The zero-order chi connectivity index (χ0) is 19.2. The Bertz CT molecular complexity index is 924. The minimum absolute atomic E-state index is 0.0929. The summed E-state index contributed by atoms with van der Waals surface area (Å²) < 4.78 is 11.0. The van der Waals surface area contributed by atoms with E-state index in [2.05, 4.69) is 15.3 Å². The van der Waals surface area contributed by atoms with Crippen molar-refractivity contribution in [3.8, 4) is 28.6 Å². The molecule has 6 heteroatoms. The molecule has 1 heterocycles. The summed E-state index contributed by atoms with van der Waals surface area (Å²) in [6.07, 6.45) is 1.45. The molecule has 0 atom stereocenters. The largest absolute Gasteiger partial charge is 0.497 e. The first-order chi connectivity index (χ1) is 13.0. The van der Waals surface area contributed by atoms with E-state index >= 15 is 0 Å². The van der Waals surface area contributed by atoms with Crippen LogP contribution in [0.2, 0.25) is 0 Å². The molecule has 3 rings (SSSR count). The summed E-state index contributed by atoms with van der Waals surface area (Å²) in [5, 5.41) is 2.87. The first-order valence-electron chi connectivity index (χ1n) is 8.60. The van der Waals surface area contributed by atoms with Crippen LogP contribution in [0.1, 0.15) is 24.2 Å². The van der Waals surface area contributed by atoms with Crippen LogP contribution in [-0.2, 0) is 0 Å². The summed E-state index contributed by atoms with van der Waals surface area (Å²) >= 11 is 0. The predicted octanol–water partition coefficient (Wildman–Crippen LogP) is 4.08. The van der Waals surface area contributed by atoms with Crippen molar-refractivity contribution in [2.24, 2.45) is 0 Å². The molecule has 0 fully saturated rings. The highest BCUT2D eigenvalue weighted by Gasteiger charge is 2.09. The molecule has 1 aromatic heterocycles. The van der Waals surface area contributed by atoms with Crippen LogP contribution in [0.25, 0.3) is 11.3 Å². The molecule has 2 aromatic carbocycles. The number of carbonyl (C=O) groups excluding carboxylic acids is 1. The van der Waals surface area contributed by atoms with Gasteiger partial charge in [0.15, 0.2) is 0 Å². The molecule has 6 nitrogen and oxygen atoms in total. The van der Waals surface area contributed by atoms with Crippen LogP contribution in [-0.4, -0.2) is 29.0 Å². The fourth-order valence-electron chi connectivity index (χ4n) is 2.48. The second kappa shape index (κ2) is 8.31. The summed E-state index contributed by atoms with van der Waals surface area (Å²) in [7, 11) is 1.60. The molecule has 0 aliphatic heterocycles. The lowest BCUT2D eigenvalue weighted by Crippen LogP contribution is -2.29. The van der Waals surface area contributed by atoms with E-state index in [1.54, 1.807) is 31.4 Å². The number of aromatic nitrogens is 2. The first kappa shape index (κ1) is 18.4. The van der Waals surface area contributed by atoms with Crippen LogP contribution in [0.5, 0.6) is 17.4 Å². The number of methoxy groups -OCH3 is 1. The van der Waals surface area contributed by atoms with Crippen LogP contribution in [0.4, 0.5) is 0 Å². The Morgan fingerprint density at radius 1 is 1.00 bits per heavy atom. The summed E-state index contributed by atoms with van der Waals surface area (Å²) in [6.45, 7) is 3.86. The maximum absolute atomic E-state index is 12.0. The maximum atomic E-state index is 12.0. The third kappa shape index (κ3) is 4.82. The molecular formula is C21H21N3O3. The van der Waals surface area contributed by atoms with E-state index in [0.29, 0.717) is 28.6 Å². The van der Waals surface area contributed by atoms with Gasteiger partial charge in [0.1, 0.15) is 17.8 Å². The minimum Gasteiger partial charge on any atom is -0.497 e. The average molecular weight is 363 g/mol. The highest BCUT2D eigenvalue weighted by atomic mass is 16.5. The summed E-state index contributed by atoms with van der Waals surface area (Å²) in [4.78, 5) is 20.5. The Hall–Kier alpha value is -3.41. The summed E-state index contributed by atoms with van der Waals surface area (Å²) in [5.74, 6) is 1.66. The van der Waals surface area contributed by atoms with E-state index in [4.69, 9.17) is 9.47 Å². The molecule has 0 saturated carbocycles. The maximum Gasteiger partial charge on any atom is 0.251 e.